The molecule has 0 atom stereocenters. The summed E-state index contributed by atoms with van der Waals surface area (Å²) in [5, 5.41) is 12.0. The molecule has 0 fully saturated rings. The van der Waals surface area contributed by atoms with Gasteiger partial charge in [-0.1, -0.05) is 121 Å². The van der Waals surface area contributed by atoms with Crippen LogP contribution in [0.4, 0.5) is 0 Å². The first-order valence-electron chi connectivity index (χ1n) is 30.1. The van der Waals surface area contributed by atoms with Gasteiger partial charge in [-0.25, -0.2) is 24.9 Å². The van der Waals surface area contributed by atoms with Crippen LogP contribution < -0.4 is 0 Å². The number of para-hydroxylation sites is 2. The monoisotopic (exact) mass is 1220 g/mol. The van der Waals surface area contributed by atoms with Gasteiger partial charge in [-0.05, 0) is 159 Å². The van der Waals surface area contributed by atoms with E-state index in [1.54, 1.807) is 59.9 Å². The summed E-state index contributed by atoms with van der Waals surface area (Å²) in [6.07, 6.45) is 14.3. The van der Waals surface area contributed by atoms with Crippen LogP contribution in [0.3, 0.4) is 0 Å². The maximum atomic E-state index is 5.09. The first kappa shape index (κ1) is 54.1. The second kappa shape index (κ2) is 23.2. The van der Waals surface area contributed by atoms with E-state index in [1.165, 1.54) is 63.8 Å². The van der Waals surface area contributed by atoms with Gasteiger partial charge < -0.3 is 9.13 Å². The molecule has 8 aromatic carbocycles. The molecule has 0 N–H and O–H groups in total. The van der Waals surface area contributed by atoms with Crippen LogP contribution in [-0.4, -0.2) is 54.0 Å². The molecule has 11 nitrogen and oxygen atoms in total. The van der Waals surface area contributed by atoms with Crippen LogP contribution in [-0.2, 0) is 0 Å². The lowest BCUT2D eigenvalue weighted by molar-refractivity contribution is 1.07. The van der Waals surface area contributed by atoms with Crippen molar-refractivity contribution in [3.05, 3.63) is 297 Å². The molecule has 432 valence electrons. The third-order valence-electron chi connectivity index (χ3n) is 16.9. The first-order valence-corrected chi connectivity index (χ1v) is 31.8. The van der Waals surface area contributed by atoms with Crippen LogP contribution in [0, 0.1) is 0 Å². The summed E-state index contributed by atoms with van der Waals surface area (Å²) in [5.74, 6) is 2.48. The molecule has 0 saturated heterocycles. The maximum absolute atomic E-state index is 5.09. The summed E-state index contributed by atoms with van der Waals surface area (Å²) < 4.78 is 7.34. The Bertz CT molecular complexity index is 5390. The molecule has 18 rings (SSSR count). The number of aromatic nitrogens is 11. The second-order valence-corrected chi connectivity index (χ2v) is 24.1. The van der Waals surface area contributed by atoms with Crippen molar-refractivity contribution in [2.75, 3.05) is 0 Å². The molecule has 10 heterocycles. The topological polar surface area (TPSA) is 126 Å². The van der Waals surface area contributed by atoms with Gasteiger partial charge in [0.25, 0.3) is 0 Å². The van der Waals surface area contributed by atoms with E-state index in [0.717, 1.165) is 78.4 Å². The van der Waals surface area contributed by atoms with E-state index < -0.39 is 0 Å². The highest BCUT2D eigenvalue weighted by Gasteiger charge is 2.20. The summed E-state index contributed by atoms with van der Waals surface area (Å²) in [6.45, 7) is 0. The molecule has 0 radical (unpaired) electrons. The highest BCUT2D eigenvalue weighted by atomic mass is 32.1. The van der Waals surface area contributed by atoms with Crippen LogP contribution in [0.25, 0.3) is 165 Å². The van der Waals surface area contributed by atoms with E-state index in [1.807, 2.05) is 60.9 Å². The normalized spacial score (nSPS) is 11.5. The van der Waals surface area contributed by atoms with Gasteiger partial charge in [0.1, 0.15) is 0 Å². The fourth-order valence-corrected chi connectivity index (χ4v) is 14.4. The molecule has 92 heavy (non-hydrogen) atoms. The molecule has 18 aromatic rings. The average molecular weight is 1220 g/mol. The van der Waals surface area contributed by atoms with Gasteiger partial charge in [0.15, 0.2) is 23.3 Å². The van der Waals surface area contributed by atoms with E-state index in [-0.39, 0.29) is 0 Å². The summed E-state index contributed by atoms with van der Waals surface area (Å²) in [7, 11) is 0. The fraction of sp³-hybridized carbons (Fsp3) is 0. The van der Waals surface area contributed by atoms with Gasteiger partial charge in [-0.3, -0.25) is 19.9 Å². The minimum atomic E-state index is 0.600. The van der Waals surface area contributed by atoms with Crippen molar-refractivity contribution in [3.8, 4) is 102 Å². The molecular weight excluding hydrogens is 1170 g/mol. The minimum absolute atomic E-state index is 0.600. The molecular formula is C79H49N11S2. The zero-order valence-electron chi connectivity index (χ0n) is 49.0. The van der Waals surface area contributed by atoms with Crippen molar-refractivity contribution in [2.24, 2.45) is 0 Å². The first-order chi connectivity index (χ1) is 45.6. The van der Waals surface area contributed by atoms with Crippen LogP contribution in [0.5, 0.6) is 0 Å². The van der Waals surface area contributed by atoms with Crippen LogP contribution in [0.1, 0.15) is 0 Å². The van der Waals surface area contributed by atoms with Crippen molar-refractivity contribution >= 4 is 86.5 Å². The quantitative estimate of drug-likeness (QED) is 0.132. The number of rotatable bonds is 10. The van der Waals surface area contributed by atoms with Gasteiger partial charge in [0.2, 0.25) is 0 Å². The summed E-state index contributed by atoms with van der Waals surface area (Å²) in [6, 6.07) is 82.5. The summed E-state index contributed by atoms with van der Waals surface area (Å²) in [5.41, 5.74) is 18.7. The van der Waals surface area contributed by atoms with E-state index in [4.69, 9.17) is 24.9 Å². The Labute approximate surface area is 535 Å². The Morgan fingerprint density at radius 1 is 0.250 bits per heavy atom. The fourth-order valence-electron chi connectivity index (χ4n) is 12.5. The van der Waals surface area contributed by atoms with Gasteiger partial charge in [-0.2, -0.15) is 0 Å². The third kappa shape index (κ3) is 9.90. The van der Waals surface area contributed by atoms with Gasteiger partial charge in [0, 0.05) is 125 Å². The molecule has 0 saturated carbocycles. The van der Waals surface area contributed by atoms with Crippen molar-refractivity contribution < 1.29 is 0 Å². The zero-order valence-corrected chi connectivity index (χ0v) is 50.7. The molecule has 0 aliphatic rings. The second-order valence-electron chi connectivity index (χ2n) is 22.3. The zero-order chi connectivity index (χ0) is 60.9. The van der Waals surface area contributed by atoms with Crippen LogP contribution in [0.15, 0.2) is 297 Å². The lowest BCUT2D eigenvalue weighted by Gasteiger charge is -2.12. The maximum Gasteiger partial charge on any atom is 0.164 e. The average Bonchev–Trinajstić information content (AvgIpc) is 1.63. The van der Waals surface area contributed by atoms with E-state index >= 15 is 0 Å². The van der Waals surface area contributed by atoms with Gasteiger partial charge in [0.05, 0.1) is 33.5 Å². The Kier molecular flexibility index (Phi) is 13.6. The van der Waals surface area contributed by atoms with Crippen molar-refractivity contribution in [1.82, 2.24) is 54.0 Å². The van der Waals surface area contributed by atoms with Crippen LogP contribution in [0.2, 0.25) is 0 Å². The van der Waals surface area contributed by atoms with Crippen LogP contribution >= 0.6 is 22.7 Å². The molecule has 13 heteroatoms. The highest BCUT2D eigenvalue weighted by molar-refractivity contribution is 7.18. The Balaban J connectivity index is 0.000000141. The smallest absolute Gasteiger partial charge is 0.164 e. The van der Waals surface area contributed by atoms with Gasteiger partial charge >= 0.3 is 0 Å². The SMILES string of the molecule is c1cc(-c2cc(-c3ccc(-c4ccncc4)cc3)nc(-c3ccncc3)n2)cc(-n2c3ccccc3c3c4sccc4ccc32)c1.c1cc(-c2nc(-c3ccncc3)nc(-c3ccc(-c4ccncc4)cc3)n2)cc(-n2c3ccccc3c3c4sccc4ccc32)c1. The molecule has 0 unspecified atom stereocenters. The third-order valence-corrected chi connectivity index (χ3v) is 18.8. The molecule has 0 aliphatic carbocycles. The standard InChI is InChI=1S/C40H25N5S.C39H24N6S/c1-2-7-36-33(6-1)38-37(13-12-29-18-23-46-39(29)38)45(36)32-5-3-4-31(24-32)35-25-34(43-40(44-35)30-16-21-42-22-17-30)28-10-8-26(9-11-28)27-14-19-41-20-15-27;1-2-7-33-32(6-1)35-34(13-12-27-18-23-46-36(27)35)45(33)31-5-3-4-30(24-31)39-43-37(42-38(44-39)29-16-21-41-22-17-29)28-10-8-25(9-11-28)26-14-19-40-20-15-26/h1-25H;1-24H. The van der Waals surface area contributed by atoms with E-state index in [0.29, 0.717) is 23.3 Å². The minimum Gasteiger partial charge on any atom is -0.309 e. The lowest BCUT2D eigenvalue weighted by Crippen LogP contribution is -2.01. The Morgan fingerprint density at radius 3 is 1.11 bits per heavy atom. The lowest BCUT2D eigenvalue weighted by atomic mass is 10.0. The largest absolute Gasteiger partial charge is 0.309 e. The Hall–Kier alpha value is -12.0. The Morgan fingerprint density at radius 2 is 0.620 bits per heavy atom. The predicted octanol–water partition coefficient (Wildman–Crippen LogP) is 19.9. The summed E-state index contributed by atoms with van der Waals surface area (Å²) >= 11 is 3.59. The summed E-state index contributed by atoms with van der Waals surface area (Å²) in [4.78, 5) is 41.8. The van der Waals surface area contributed by atoms with Crippen molar-refractivity contribution in [3.63, 3.8) is 0 Å². The molecule has 0 aliphatic heterocycles. The number of hydrogen-bond donors (Lipinski definition) is 0. The van der Waals surface area contributed by atoms with Gasteiger partial charge in [-0.15, -0.1) is 22.7 Å². The molecule has 0 spiro atoms. The molecule has 0 bridgehead atoms. The number of nitrogens with zero attached hydrogens (tertiary/aromatic N) is 11. The van der Waals surface area contributed by atoms with Crippen molar-refractivity contribution in [2.45, 2.75) is 0 Å². The molecule has 0 amide bonds. The number of thiophene rings is 2. The van der Waals surface area contributed by atoms with Crippen molar-refractivity contribution in [1.29, 1.82) is 0 Å². The number of benzene rings is 8. The number of fused-ring (bicyclic) bond motifs is 10. The predicted molar refractivity (Wildman–Crippen MR) is 376 cm³/mol. The van der Waals surface area contributed by atoms with E-state index in [9.17, 15) is 0 Å². The highest BCUT2D eigenvalue weighted by Crippen LogP contribution is 2.42. The number of pyridine rings is 4. The molecule has 10 aromatic heterocycles. The number of hydrogen-bond acceptors (Lipinski definition) is 11. The van der Waals surface area contributed by atoms with E-state index in [2.05, 4.69) is 228 Å².